The molecule has 0 unspecified atom stereocenters. The average Bonchev–Trinajstić information content (AvgIpc) is 2.98. The molecule has 0 atom stereocenters. The largest absolute Gasteiger partial charge is 0.348 e. The summed E-state index contributed by atoms with van der Waals surface area (Å²) in [6, 6.07) is 8.06. The number of nitrogens with zero attached hydrogens (tertiary/aromatic N) is 2. The molecule has 0 bridgehead atoms. The van der Waals surface area contributed by atoms with Gasteiger partial charge in [-0.2, -0.15) is 0 Å². The van der Waals surface area contributed by atoms with Crippen molar-refractivity contribution in [2.75, 3.05) is 0 Å². The van der Waals surface area contributed by atoms with Gasteiger partial charge in [-0.05, 0) is 49.0 Å². The number of thioether (sulfide) groups is 1. The smallest absolute Gasteiger partial charge is 0.293 e. The highest BCUT2D eigenvalue weighted by Gasteiger charge is 2.36. The quantitative estimate of drug-likeness (QED) is 0.760. The van der Waals surface area contributed by atoms with Gasteiger partial charge in [-0.25, -0.2) is 4.39 Å². The zero-order chi connectivity index (χ0) is 17.4. The van der Waals surface area contributed by atoms with E-state index in [-0.39, 0.29) is 17.1 Å². The third-order valence-corrected chi connectivity index (χ3v) is 5.20. The third kappa shape index (κ3) is 2.99. The fourth-order valence-corrected chi connectivity index (χ4v) is 3.44. The number of carbonyl (C=O) groups is 2. The van der Waals surface area contributed by atoms with E-state index in [1.165, 1.54) is 18.2 Å². The van der Waals surface area contributed by atoms with Crippen molar-refractivity contribution in [1.29, 1.82) is 0 Å². The van der Waals surface area contributed by atoms with Crippen molar-refractivity contribution in [3.63, 3.8) is 0 Å². The van der Waals surface area contributed by atoms with E-state index in [0.717, 1.165) is 28.0 Å². The van der Waals surface area contributed by atoms with Crippen molar-refractivity contribution in [3.05, 3.63) is 63.0 Å². The van der Waals surface area contributed by atoms with Crippen LogP contribution in [-0.4, -0.2) is 20.6 Å². The van der Waals surface area contributed by atoms with Gasteiger partial charge in [0.1, 0.15) is 5.82 Å². The van der Waals surface area contributed by atoms with E-state index in [1.807, 2.05) is 30.7 Å². The van der Waals surface area contributed by atoms with Gasteiger partial charge in [0, 0.05) is 29.0 Å². The van der Waals surface area contributed by atoms with Crippen LogP contribution in [0.1, 0.15) is 17.0 Å². The van der Waals surface area contributed by atoms with Crippen LogP contribution >= 0.6 is 23.4 Å². The summed E-state index contributed by atoms with van der Waals surface area (Å²) in [5.41, 5.74) is 2.00. The fourth-order valence-electron chi connectivity index (χ4n) is 2.39. The maximum atomic E-state index is 13.9. The molecule has 1 fully saturated rings. The summed E-state index contributed by atoms with van der Waals surface area (Å²) in [4.78, 5) is 26.0. The lowest BCUT2D eigenvalue weighted by molar-refractivity contribution is -0.123. The lowest BCUT2D eigenvalue weighted by Gasteiger charge is -2.14. The third-order valence-electron chi connectivity index (χ3n) is 3.94. The first-order valence-electron chi connectivity index (χ1n) is 7.19. The highest BCUT2D eigenvalue weighted by atomic mass is 35.5. The SMILES string of the molecule is Cc1ccc(/C=C2\SC(=O)N(Cc3c(F)cccc3Cl)C2=O)n1C. The summed E-state index contributed by atoms with van der Waals surface area (Å²) < 4.78 is 15.8. The monoisotopic (exact) mass is 364 g/mol. The van der Waals surface area contributed by atoms with E-state index < -0.39 is 17.0 Å². The van der Waals surface area contributed by atoms with Gasteiger partial charge in [-0.1, -0.05) is 17.7 Å². The molecule has 0 N–H and O–H groups in total. The maximum absolute atomic E-state index is 13.9. The van der Waals surface area contributed by atoms with Gasteiger partial charge in [0.15, 0.2) is 0 Å². The van der Waals surface area contributed by atoms with Crippen molar-refractivity contribution >= 4 is 40.6 Å². The first kappa shape index (κ1) is 16.8. The molecule has 124 valence electrons. The van der Waals surface area contributed by atoms with Gasteiger partial charge in [0.05, 0.1) is 11.4 Å². The summed E-state index contributed by atoms with van der Waals surface area (Å²) in [6.07, 6.45) is 1.67. The lowest BCUT2D eigenvalue weighted by atomic mass is 10.2. The van der Waals surface area contributed by atoms with Crippen LogP contribution in [0.25, 0.3) is 6.08 Å². The van der Waals surface area contributed by atoms with Crippen LogP contribution in [-0.2, 0) is 18.4 Å². The molecule has 1 aliphatic rings. The Morgan fingerprint density at radius 3 is 2.62 bits per heavy atom. The van der Waals surface area contributed by atoms with E-state index >= 15 is 0 Å². The number of imide groups is 1. The molecule has 1 saturated heterocycles. The number of amides is 2. The average molecular weight is 365 g/mol. The Morgan fingerprint density at radius 1 is 1.25 bits per heavy atom. The number of hydrogen-bond donors (Lipinski definition) is 0. The van der Waals surface area contributed by atoms with E-state index in [0.29, 0.717) is 4.91 Å². The zero-order valence-corrected chi connectivity index (χ0v) is 14.6. The second-order valence-electron chi connectivity index (χ2n) is 5.43. The predicted molar refractivity (Wildman–Crippen MR) is 93.1 cm³/mol. The van der Waals surface area contributed by atoms with Gasteiger partial charge < -0.3 is 4.57 Å². The van der Waals surface area contributed by atoms with Crippen LogP contribution < -0.4 is 0 Å². The lowest BCUT2D eigenvalue weighted by Crippen LogP contribution is -2.28. The molecule has 4 nitrogen and oxygen atoms in total. The predicted octanol–water partition coefficient (Wildman–Crippen LogP) is 4.36. The number of halogens is 2. The molecule has 2 amide bonds. The number of hydrogen-bond acceptors (Lipinski definition) is 3. The summed E-state index contributed by atoms with van der Waals surface area (Å²) in [7, 11) is 1.88. The Hall–Kier alpha value is -2.05. The van der Waals surface area contributed by atoms with Crippen molar-refractivity contribution in [2.24, 2.45) is 7.05 Å². The first-order chi connectivity index (χ1) is 11.4. The number of aryl methyl sites for hydroxylation is 1. The van der Waals surface area contributed by atoms with Crippen LogP contribution in [0, 0.1) is 12.7 Å². The standard InChI is InChI=1S/C17H14ClFN2O2S/c1-10-6-7-11(20(10)2)8-15-16(22)21(17(23)24-15)9-12-13(18)4-3-5-14(12)19/h3-8H,9H2,1-2H3/b15-8-. The van der Waals surface area contributed by atoms with Gasteiger partial charge in [0.2, 0.25) is 0 Å². The Morgan fingerprint density at radius 2 is 2.00 bits per heavy atom. The zero-order valence-electron chi connectivity index (χ0n) is 13.0. The second kappa shape index (κ2) is 6.45. The summed E-state index contributed by atoms with van der Waals surface area (Å²) >= 11 is 6.82. The molecule has 0 saturated carbocycles. The number of rotatable bonds is 3. The summed E-state index contributed by atoms with van der Waals surface area (Å²) in [5, 5.41) is -0.243. The highest BCUT2D eigenvalue weighted by Crippen LogP contribution is 2.34. The van der Waals surface area contributed by atoms with E-state index in [9.17, 15) is 14.0 Å². The summed E-state index contributed by atoms with van der Waals surface area (Å²) in [5.74, 6) is -0.980. The molecule has 7 heteroatoms. The van der Waals surface area contributed by atoms with Crippen molar-refractivity contribution < 1.29 is 14.0 Å². The van der Waals surface area contributed by atoms with Crippen molar-refractivity contribution in [3.8, 4) is 0 Å². The van der Waals surface area contributed by atoms with Gasteiger partial charge >= 0.3 is 0 Å². The number of benzene rings is 1. The van der Waals surface area contributed by atoms with Crippen LogP contribution in [0.2, 0.25) is 5.02 Å². The van der Waals surface area contributed by atoms with Crippen LogP contribution in [0.15, 0.2) is 35.2 Å². The molecule has 0 radical (unpaired) electrons. The normalized spacial score (nSPS) is 16.5. The molecule has 0 aliphatic carbocycles. The molecule has 1 aromatic heterocycles. The Labute approximate surface area is 147 Å². The Balaban J connectivity index is 1.88. The van der Waals surface area contributed by atoms with Crippen LogP contribution in [0.5, 0.6) is 0 Å². The Bertz CT molecular complexity index is 855. The van der Waals surface area contributed by atoms with Crippen molar-refractivity contribution in [2.45, 2.75) is 13.5 Å². The molecule has 2 heterocycles. The highest BCUT2D eigenvalue weighted by molar-refractivity contribution is 8.18. The molecule has 0 spiro atoms. The molecule has 1 aliphatic heterocycles. The molecular weight excluding hydrogens is 351 g/mol. The van der Waals surface area contributed by atoms with Crippen molar-refractivity contribution in [1.82, 2.24) is 9.47 Å². The maximum Gasteiger partial charge on any atom is 0.293 e. The van der Waals surface area contributed by atoms with E-state index in [2.05, 4.69) is 0 Å². The van der Waals surface area contributed by atoms with Gasteiger partial charge in [-0.15, -0.1) is 0 Å². The molecule has 24 heavy (non-hydrogen) atoms. The minimum absolute atomic E-state index is 0.137. The fraction of sp³-hybridized carbons (Fsp3) is 0.176. The van der Waals surface area contributed by atoms with Crippen LogP contribution in [0.3, 0.4) is 0 Å². The first-order valence-corrected chi connectivity index (χ1v) is 8.38. The van der Waals surface area contributed by atoms with Gasteiger partial charge in [0.25, 0.3) is 11.1 Å². The van der Waals surface area contributed by atoms with Crippen LogP contribution in [0.4, 0.5) is 9.18 Å². The van der Waals surface area contributed by atoms with E-state index in [4.69, 9.17) is 11.6 Å². The molecular formula is C17H14ClFN2O2S. The number of aromatic nitrogens is 1. The van der Waals surface area contributed by atoms with E-state index in [1.54, 1.807) is 6.08 Å². The summed E-state index contributed by atoms with van der Waals surface area (Å²) in [6.45, 7) is 1.77. The Kier molecular flexibility index (Phi) is 4.51. The minimum Gasteiger partial charge on any atom is -0.348 e. The second-order valence-corrected chi connectivity index (χ2v) is 6.83. The molecule has 1 aromatic carbocycles. The topological polar surface area (TPSA) is 42.3 Å². The minimum atomic E-state index is -0.538. The number of carbonyl (C=O) groups excluding carboxylic acids is 2. The molecule has 2 aromatic rings. The van der Waals surface area contributed by atoms with Gasteiger partial charge in [-0.3, -0.25) is 14.5 Å². The molecule has 3 rings (SSSR count).